The van der Waals surface area contributed by atoms with Crippen molar-refractivity contribution >= 4 is 8.81 Å². The highest BCUT2D eigenvalue weighted by atomic mass is 31.1. The highest BCUT2D eigenvalue weighted by Crippen LogP contribution is 2.13. The van der Waals surface area contributed by atoms with E-state index in [1.807, 2.05) is 42.3 Å². The SMILES string of the molecule is C1=CC=COPC=CC=C1. The van der Waals surface area contributed by atoms with Crippen LogP contribution in [-0.2, 0) is 4.52 Å². The Bertz CT molecular complexity index is 167. The van der Waals surface area contributed by atoms with Crippen LogP contribution in [0.1, 0.15) is 0 Å². The van der Waals surface area contributed by atoms with E-state index in [-0.39, 0.29) is 0 Å². The molecule has 10 heavy (non-hydrogen) atoms. The minimum Gasteiger partial charge on any atom is -0.481 e. The standard InChI is InChI=1S/C8H9OP/c1-2-4-6-8-10-9-7-5-3-1/h1-8,10H. The Morgan fingerprint density at radius 2 is 1.50 bits per heavy atom. The molecular formula is C8H9OP. The first-order valence-electron chi connectivity index (χ1n) is 3.06. The summed E-state index contributed by atoms with van der Waals surface area (Å²) >= 11 is 0. The van der Waals surface area contributed by atoms with Crippen molar-refractivity contribution in [3.8, 4) is 0 Å². The molecule has 52 valence electrons. The average Bonchev–Trinajstić information content (AvgIpc) is 2.01. The quantitative estimate of drug-likeness (QED) is 0.485. The monoisotopic (exact) mass is 152 g/mol. The highest BCUT2D eigenvalue weighted by molar-refractivity contribution is 7.36. The van der Waals surface area contributed by atoms with Crippen LogP contribution in [0.15, 0.2) is 48.5 Å². The van der Waals surface area contributed by atoms with Crippen molar-refractivity contribution in [2.75, 3.05) is 0 Å². The summed E-state index contributed by atoms with van der Waals surface area (Å²) in [6.45, 7) is 0. The third-order valence-electron chi connectivity index (χ3n) is 0.934. The molecule has 0 spiro atoms. The van der Waals surface area contributed by atoms with E-state index < -0.39 is 0 Å². The Hall–Kier alpha value is -0.810. The first kappa shape index (κ1) is 7.30. The van der Waals surface area contributed by atoms with Crippen LogP contribution in [0.25, 0.3) is 0 Å². The van der Waals surface area contributed by atoms with Gasteiger partial charge >= 0.3 is 0 Å². The Morgan fingerprint density at radius 3 is 2.40 bits per heavy atom. The van der Waals surface area contributed by atoms with E-state index in [2.05, 4.69) is 0 Å². The van der Waals surface area contributed by atoms with Gasteiger partial charge in [0.25, 0.3) is 0 Å². The predicted octanol–water partition coefficient (Wildman–Crippen LogP) is 2.75. The number of rotatable bonds is 0. The second kappa shape index (κ2) is 5.01. The largest absolute Gasteiger partial charge is 0.481 e. The first-order valence-corrected chi connectivity index (χ1v) is 4.05. The lowest BCUT2D eigenvalue weighted by molar-refractivity contribution is 0.557. The Balaban J connectivity index is 2.53. The van der Waals surface area contributed by atoms with Gasteiger partial charge in [-0.15, -0.1) is 0 Å². The fourth-order valence-corrected chi connectivity index (χ4v) is 0.940. The molecule has 0 aromatic heterocycles. The molecule has 0 N–H and O–H groups in total. The molecule has 1 rings (SSSR count). The number of hydrogen-bond acceptors (Lipinski definition) is 1. The van der Waals surface area contributed by atoms with Crippen LogP contribution in [0.2, 0.25) is 0 Å². The molecular weight excluding hydrogens is 143 g/mol. The van der Waals surface area contributed by atoms with E-state index >= 15 is 0 Å². The molecule has 1 unspecified atom stereocenters. The Kier molecular flexibility index (Phi) is 3.66. The van der Waals surface area contributed by atoms with Gasteiger partial charge in [-0.25, -0.2) is 0 Å². The molecule has 0 fully saturated rings. The van der Waals surface area contributed by atoms with Crippen molar-refractivity contribution < 1.29 is 4.52 Å². The number of allylic oxidation sites excluding steroid dienone is 6. The van der Waals surface area contributed by atoms with Crippen molar-refractivity contribution in [1.82, 2.24) is 0 Å². The molecule has 0 saturated carbocycles. The second-order valence-corrected chi connectivity index (χ2v) is 2.50. The lowest BCUT2D eigenvalue weighted by atomic mass is 10.4. The van der Waals surface area contributed by atoms with Crippen LogP contribution in [0.5, 0.6) is 0 Å². The molecule has 1 aliphatic heterocycles. The molecule has 1 nitrogen and oxygen atoms in total. The molecule has 0 amide bonds. The zero-order valence-corrected chi connectivity index (χ0v) is 6.53. The zero-order valence-electron chi connectivity index (χ0n) is 5.53. The molecule has 0 aromatic carbocycles. The van der Waals surface area contributed by atoms with Gasteiger partial charge in [0.2, 0.25) is 0 Å². The molecule has 0 aliphatic carbocycles. The van der Waals surface area contributed by atoms with Crippen LogP contribution in [0.4, 0.5) is 0 Å². The van der Waals surface area contributed by atoms with Crippen molar-refractivity contribution in [2.45, 2.75) is 0 Å². The van der Waals surface area contributed by atoms with Gasteiger partial charge < -0.3 is 4.52 Å². The van der Waals surface area contributed by atoms with E-state index in [9.17, 15) is 0 Å². The van der Waals surface area contributed by atoms with Gasteiger partial charge in [-0.3, -0.25) is 0 Å². The normalized spacial score (nSPS) is 19.2. The molecule has 0 radical (unpaired) electrons. The van der Waals surface area contributed by atoms with E-state index in [0.717, 1.165) is 0 Å². The smallest absolute Gasteiger partial charge is 0.0963 e. The fraction of sp³-hybridized carbons (Fsp3) is 0. The highest BCUT2D eigenvalue weighted by Gasteiger charge is 1.73. The third kappa shape index (κ3) is 3.26. The molecule has 1 atom stereocenters. The maximum absolute atomic E-state index is 5.09. The topological polar surface area (TPSA) is 9.23 Å². The van der Waals surface area contributed by atoms with Crippen LogP contribution >= 0.6 is 8.81 Å². The molecule has 0 aromatic rings. The summed E-state index contributed by atoms with van der Waals surface area (Å²) < 4.78 is 5.09. The maximum atomic E-state index is 5.09. The third-order valence-corrected chi connectivity index (χ3v) is 1.54. The molecule has 2 heteroatoms. The van der Waals surface area contributed by atoms with Gasteiger partial charge in [-0.05, 0) is 11.9 Å². The Morgan fingerprint density at radius 1 is 0.800 bits per heavy atom. The fourth-order valence-electron chi connectivity index (χ4n) is 0.515. The molecule has 1 aliphatic rings. The van der Waals surface area contributed by atoms with Crippen LogP contribution in [-0.4, -0.2) is 0 Å². The van der Waals surface area contributed by atoms with Crippen LogP contribution in [0, 0.1) is 0 Å². The second-order valence-electron chi connectivity index (χ2n) is 1.69. The van der Waals surface area contributed by atoms with Gasteiger partial charge in [0, 0.05) is 0 Å². The molecule has 0 saturated heterocycles. The van der Waals surface area contributed by atoms with Crippen molar-refractivity contribution in [1.29, 1.82) is 0 Å². The summed E-state index contributed by atoms with van der Waals surface area (Å²) in [6.07, 6.45) is 13.4. The number of hydrogen-bond donors (Lipinski definition) is 0. The summed E-state index contributed by atoms with van der Waals surface area (Å²) in [7, 11) is 0.430. The van der Waals surface area contributed by atoms with Crippen molar-refractivity contribution in [2.24, 2.45) is 0 Å². The molecule has 0 bridgehead atoms. The lowest BCUT2D eigenvalue weighted by Crippen LogP contribution is -1.59. The van der Waals surface area contributed by atoms with Crippen molar-refractivity contribution in [3.63, 3.8) is 0 Å². The van der Waals surface area contributed by atoms with Gasteiger partial charge in [0.15, 0.2) is 0 Å². The lowest BCUT2D eigenvalue weighted by Gasteiger charge is -1.91. The summed E-state index contributed by atoms with van der Waals surface area (Å²) in [4.78, 5) is 0. The van der Waals surface area contributed by atoms with Gasteiger partial charge in [0.1, 0.15) is 0 Å². The summed E-state index contributed by atoms with van der Waals surface area (Å²) in [5.74, 6) is 1.99. The predicted molar refractivity (Wildman–Crippen MR) is 46.0 cm³/mol. The minimum absolute atomic E-state index is 0.430. The van der Waals surface area contributed by atoms with Crippen LogP contribution < -0.4 is 0 Å². The van der Waals surface area contributed by atoms with Crippen molar-refractivity contribution in [3.05, 3.63) is 48.5 Å². The maximum Gasteiger partial charge on any atom is 0.0963 e. The van der Waals surface area contributed by atoms with E-state index in [1.165, 1.54) is 0 Å². The summed E-state index contributed by atoms with van der Waals surface area (Å²) in [5.41, 5.74) is 0. The zero-order chi connectivity index (χ0) is 7.07. The van der Waals surface area contributed by atoms with Crippen LogP contribution in [0.3, 0.4) is 0 Å². The summed E-state index contributed by atoms with van der Waals surface area (Å²) in [6, 6.07) is 0. The molecule has 1 heterocycles. The average molecular weight is 152 g/mol. The van der Waals surface area contributed by atoms with Gasteiger partial charge in [-0.1, -0.05) is 30.4 Å². The summed E-state index contributed by atoms with van der Waals surface area (Å²) in [5, 5.41) is 0. The minimum atomic E-state index is 0.430. The Labute approximate surface area is 62.6 Å². The first-order chi connectivity index (χ1) is 5.00. The van der Waals surface area contributed by atoms with E-state index in [0.29, 0.717) is 8.81 Å². The van der Waals surface area contributed by atoms with E-state index in [1.54, 1.807) is 6.26 Å². The van der Waals surface area contributed by atoms with Gasteiger partial charge in [0.05, 0.1) is 15.1 Å². The van der Waals surface area contributed by atoms with Gasteiger partial charge in [-0.2, -0.15) is 0 Å². The van der Waals surface area contributed by atoms with E-state index in [4.69, 9.17) is 4.52 Å².